The van der Waals surface area contributed by atoms with E-state index in [2.05, 4.69) is 34.6 Å². The van der Waals surface area contributed by atoms with Gasteiger partial charge in [-0.3, -0.25) is 4.79 Å². The van der Waals surface area contributed by atoms with Crippen LogP contribution in [0.25, 0.3) is 0 Å². The molecule has 0 aromatic rings. The van der Waals surface area contributed by atoms with Gasteiger partial charge in [-0.15, -0.1) is 0 Å². The minimum absolute atomic E-state index is 0.0767. The number of carbonyl (C=O) groups excluding carboxylic acids is 1. The van der Waals surface area contributed by atoms with Gasteiger partial charge in [0, 0.05) is 12.8 Å². The summed E-state index contributed by atoms with van der Waals surface area (Å²) in [6, 6.07) is 0. The second kappa shape index (κ2) is 16.7. The van der Waals surface area contributed by atoms with Crippen LogP contribution in [0.3, 0.4) is 0 Å². The summed E-state index contributed by atoms with van der Waals surface area (Å²) < 4.78 is 50.5. The number of aliphatic hydroxyl groups excluding tert-OH is 8. The molecular weight excluding hydrogens is 865 g/mol. The van der Waals surface area contributed by atoms with Crippen LogP contribution in [0.15, 0.2) is 0 Å². The average Bonchev–Trinajstić information content (AvgIpc) is 3.59. The van der Waals surface area contributed by atoms with Gasteiger partial charge in [0.15, 0.2) is 31.1 Å². The summed E-state index contributed by atoms with van der Waals surface area (Å²) in [6.07, 6.45) is -13.6. The number of fused-ring (bicyclic) bond motifs is 2. The van der Waals surface area contributed by atoms with E-state index in [-0.39, 0.29) is 58.7 Å². The standard InChI is InChI=1S/C48H78O18/c1-21-30(53)32(55)34(57)40(61-21)65-36-35(62-22(2)49)25(52)19-60-41(36)64-28-11-13-48-20-47(48)15-14-44(7)37(46(9)12-10-29(66-46)43(5,6)58)23(50)17-45(44,8)27(47)16-26(38(48)42(28,3)4)63-39-33(56)31(54)24(51)18-59-39/h21,23-41,50-58H,10-20H2,1-9H3/t21-,23-,24-,25-,26+,27+,28+,29+,30+,31+,32+,33+,34+,35+,36+,37-,38+,39+,40+,41+,44-,45+,46+,47+,48-/m1/s1. The summed E-state index contributed by atoms with van der Waals surface area (Å²) >= 11 is 0. The van der Waals surface area contributed by atoms with Crippen LogP contribution in [0.4, 0.5) is 0 Å². The van der Waals surface area contributed by atoms with Crippen molar-refractivity contribution < 1.29 is 88.6 Å². The van der Waals surface area contributed by atoms with E-state index in [0.29, 0.717) is 25.7 Å². The Morgan fingerprint density at radius 3 is 2.00 bits per heavy atom. The first-order valence-corrected chi connectivity index (χ1v) is 24.5. The van der Waals surface area contributed by atoms with Crippen LogP contribution in [0.5, 0.6) is 0 Å². The zero-order chi connectivity index (χ0) is 48.1. The van der Waals surface area contributed by atoms with E-state index in [9.17, 15) is 50.8 Å². The van der Waals surface area contributed by atoms with Gasteiger partial charge >= 0.3 is 5.97 Å². The van der Waals surface area contributed by atoms with Gasteiger partial charge in [0.05, 0.1) is 54.9 Å². The second-order valence-corrected chi connectivity index (χ2v) is 24.0. The Labute approximate surface area is 387 Å². The van der Waals surface area contributed by atoms with Gasteiger partial charge in [0.25, 0.3) is 0 Å². The summed E-state index contributed by atoms with van der Waals surface area (Å²) in [7, 11) is 0. The summed E-state index contributed by atoms with van der Waals surface area (Å²) in [5.41, 5.74) is -3.49. The Bertz CT molecular complexity index is 1810. The van der Waals surface area contributed by atoms with Crippen LogP contribution < -0.4 is 0 Å². The van der Waals surface area contributed by atoms with E-state index in [4.69, 9.17) is 37.9 Å². The van der Waals surface area contributed by atoms with E-state index >= 15 is 0 Å². The maximum atomic E-state index is 12.4. The first-order valence-electron chi connectivity index (χ1n) is 24.5. The number of aliphatic hydroxyl groups is 9. The normalized spacial score (nSPS) is 56.7. The largest absolute Gasteiger partial charge is 0.457 e. The van der Waals surface area contributed by atoms with Gasteiger partial charge in [-0.1, -0.05) is 27.7 Å². The molecule has 18 heteroatoms. The maximum absolute atomic E-state index is 12.4. The lowest BCUT2D eigenvalue weighted by atomic mass is 9.41. The Hall–Kier alpha value is -1.17. The van der Waals surface area contributed by atoms with Gasteiger partial charge in [0.1, 0.15) is 42.7 Å². The Balaban J connectivity index is 1.04. The molecule has 5 saturated carbocycles. The minimum Gasteiger partial charge on any atom is -0.457 e. The van der Waals surface area contributed by atoms with E-state index in [1.165, 1.54) is 13.8 Å². The fraction of sp³-hybridized carbons (Fsp3) is 0.979. The van der Waals surface area contributed by atoms with E-state index in [1.54, 1.807) is 13.8 Å². The van der Waals surface area contributed by atoms with Crippen molar-refractivity contribution in [2.75, 3.05) is 13.2 Å². The summed E-state index contributed by atoms with van der Waals surface area (Å²) in [4.78, 5) is 12.4. The average molecular weight is 943 g/mol. The van der Waals surface area contributed by atoms with Gasteiger partial charge < -0.3 is 83.9 Å². The molecule has 2 spiro atoms. The SMILES string of the molecule is CC(=O)O[C@@H]1[C@H](O[C@@H]2O[C@H](C)[C@H](O)[C@H](O)[C@@H]2O)[C@H](O[C@H]2CC[C@]34C[C@]35CC[C@]3(C)[C@H]([C@]6(C)CC[C@@H](C(C)(C)O)O6)[C@H](O)C[C@@]3(C)[C@@H]5C[C@H](O[C@@H]3OC[C@@H](O)[C@H](O)[C@@H]3O)[C@H]4C2(C)C)OC[C@H]1O. The molecule has 4 heterocycles. The molecule has 0 aromatic carbocycles. The van der Waals surface area contributed by atoms with Crippen molar-refractivity contribution >= 4 is 5.97 Å². The summed E-state index contributed by atoms with van der Waals surface area (Å²) in [5.74, 6) is -1.03. The molecule has 18 nitrogen and oxygen atoms in total. The molecule has 0 amide bonds. The van der Waals surface area contributed by atoms with Crippen molar-refractivity contribution in [3.63, 3.8) is 0 Å². The number of carbonyl (C=O) groups is 1. The molecule has 25 atom stereocenters. The molecule has 378 valence electrons. The number of hydrogen-bond acceptors (Lipinski definition) is 18. The molecule has 9 aliphatic rings. The molecule has 0 radical (unpaired) electrons. The molecule has 4 saturated heterocycles. The van der Waals surface area contributed by atoms with Crippen molar-refractivity contribution in [3.8, 4) is 0 Å². The second-order valence-electron chi connectivity index (χ2n) is 24.0. The number of ether oxygens (including phenoxy) is 8. The molecule has 0 unspecified atom stereocenters. The lowest BCUT2D eigenvalue weighted by molar-refractivity contribution is -0.366. The predicted molar refractivity (Wildman–Crippen MR) is 229 cm³/mol. The zero-order valence-electron chi connectivity index (χ0n) is 40.0. The van der Waals surface area contributed by atoms with Crippen molar-refractivity contribution in [1.29, 1.82) is 0 Å². The lowest BCUT2D eigenvalue weighted by Crippen LogP contribution is -2.65. The van der Waals surface area contributed by atoms with Gasteiger partial charge in [-0.25, -0.2) is 0 Å². The quantitative estimate of drug-likeness (QED) is 0.114. The molecule has 66 heavy (non-hydrogen) atoms. The zero-order valence-corrected chi connectivity index (χ0v) is 40.0. The molecular formula is C48H78O18. The van der Waals surface area contributed by atoms with Crippen molar-refractivity contribution in [2.24, 2.45) is 44.8 Å². The Kier molecular flexibility index (Phi) is 12.6. The molecule has 0 bridgehead atoms. The predicted octanol–water partition coefficient (Wildman–Crippen LogP) is 0.786. The maximum Gasteiger partial charge on any atom is 0.303 e. The fourth-order valence-electron chi connectivity index (χ4n) is 16.3. The minimum atomic E-state index is -1.70. The topological polar surface area (TPSA) is 273 Å². The lowest BCUT2D eigenvalue weighted by Gasteiger charge is -2.65. The van der Waals surface area contributed by atoms with Crippen LogP contribution in [0.2, 0.25) is 0 Å². The van der Waals surface area contributed by atoms with Crippen LogP contribution in [0.1, 0.15) is 120 Å². The molecule has 9 N–H and O–H groups in total. The van der Waals surface area contributed by atoms with E-state index < -0.39 is 121 Å². The number of hydrogen-bond donors (Lipinski definition) is 9. The highest BCUT2D eigenvalue weighted by Crippen LogP contribution is 2.89. The highest BCUT2D eigenvalue weighted by atomic mass is 16.8. The van der Waals surface area contributed by atoms with Crippen molar-refractivity contribution in [2.45, 2.75) is 236 Å². The van der Waals surface area contributed by atoms with Crippen molar-refractivity contribution in [3.05, 3.63) is 0 Å². The van der Waals surface area contributed by atoms with Crippen LogP contribution in [-0.4, -0.2) is 181 Å². The van der Waals surface area contributed by atoms with Gasteiger partial charge in [0.2, 0.25) is 0 Å². The molecule has 0 aromatic heterocycles. The fourth-order valence-corrected chi connectivity index (χ4v) is 16.3. The molecule has 9 fully saturated rings. The van der Waals surface area contributed by atoms with Crippen LogP contribution in [0, 0.1) is 44.8 Å². The van der Waals surface area contributed by atoms with Gasteiger partial charge in [-0.2, -0.15) is 0 Å². The first-order chi connectivity index (χ1) is 30.7. The molecule has 5 aliphatic carbocycles. The van der Waals surface area contributed by atoms with Gasteiger partial charge in [-0.05, 0) is 124 Å². The molecule has 9 rings (SSSR count). The van der Waals surface area contributed by atoms with Crippen molar-refractivity contribution in [1.82, 2.24) is 0 Å². The van der Waals surface area contributed by atoms with E-state index in [0.717, 1.165) is 32.1 Å². The smallest absolute Gasteiger partial charge is 0.303 e. The third-order valence-electron chi connectivity index (χ3n) is 19.6. The highest BCUT2D eigenvalue weighted by molar-refractivity contribution is 5.66. The van der Waals surface area contributed by atoms with E-state index in [1.807, 2.05) is 0 Å². The Morgan fingerprint density at radius 2 is 1.33 bits per heavy atom. The summed E-state index contributed by atoms with van der Waals surface area (Å²) in [6.45, 7) is 16.8. The number of esters is 1. The summed E-state index contributed by atoms with van der Waals surface area (Å²) in [5, 5.41) is 99.0. The Morgan fingerprint density at radius 1 is 0.667 bits per heavy atom. The molecule has 4 aliphatic heterocycles. The third-order valence-corrected chi connectivity index (χ3v) is 19.6. The van der Waals surface area contributed by atoms with Crippen LogP contribution in [-0.2, 0) is 42.7 Å². The van der Waals surface area contributed by atoms with Crippen LogP contribution >= 0.6 is 0 Å². The first kappa shape index (κ1) is 49.8. The highest BCUT2D eigenvalue weighted by Gasteiger charge is 2.85. The number of rotatable bonds is 9. The third kappa shape index (κ3) is 7.43. The monoisotopic (exact) mass is 943 g/mol.